The van der Waals surface area contributed by atoms with Gasteiger partial charge in [-0.2, -0.15) is 0 Å². The van der Waals surface area contributed by atoms with Gasteiger partial charge in [0.25, 0.3) is 0 Å². The van der Waals surface area contributed by atoms with E-state index in [1.165, 1.54) is 16.8 Å². The zero-order valence-corrected chi connectivity index (χ0v) is 10.4. The average molecular weight is 214 g/mol. The Morgan fingerprint density at radius 2 is 1.75 bits per heavy atom. The summed E-state index contributed by atoms with van der Waals surface area (Å²) in [5.41, 5.74) is 3.85. The van der Waals surface area contributed by atoms with Crippen LogP contribution in [0.25, 0.3) is 5.69 Å². The minimum atomic E-state index is 0.439. The van der Waals surface area contributed by atoms with Crippen LogP contribution in [-0.4, -0.2) is 9.55 Å². The molecule has 2 aromatic rings. The molecule has 0 radical (unpaired) electrons. The van der Waals surface area contributed by atoms with Gasteiger partial charge < -0.3 is 4.57 Å². The van der Waals surface area contributed by atoms with Gasteiger partial charge in [-0.25, -0.2) is 4.98 Å². The number of hydrogen-bond acceptors (Lipinski definition) is 1. The topological polar surface area (TPSA) is 17.8 Å². The molecule has 1 aromatic heterocycles. The first-order valence-corrected chi connectivity index (χ1v) is 5.71. The Balaban J connectivity index is 2.63. The molecule has 0 bridgehead atoms. The Morgan fingerprint density at radius 1 is 1.12 bits per heavy atom. The Kier molecular flexibility index (Phi) is 2.82. The van der Waals surface area contributed by atoms with Gasteiger partial charge in [-0.1, -0.05) is 32.0 Å². The monoisotopic (exact) mass is 214 g/mol. The van der Waals surface area contributed by atoms with Crippen molar-refractivity contribution >= 4 is 0 Å². The largest absolute Gasteiger partial charge is 0.303 e. The van der Waals surface area contributed by atoms with Crippen molar-refractivity contribution in [3.8, 4) is 5.69 Å². The standard InChI is InChI=1S/C14H18N2/c1-10(2)14-15-8-9-16(14)13-11(3)6-5-7-12(13)4/h5-10H,1-4H3. The Morgan fingerprint density at radius 3 is 2.31 bits per heavy atom. The number of hydrogen-bond donors (Lipinski definition) is 0. The lowest BCUT2D eigenvalue weighted by molar-refractivity contribution is 0.748. The van der Waals surface area contributed by atoms with Crippen LogP contribution in [0.1, 0.15) is 36.7 Å². The van der Waals surface area contributed by atoms with E-state index in [-0.39, 0.29) is 0 Å². The predicted octanol–water partition coefficient (Wildman–Crippen LogP) is 3.61. The smallest absolute Gasteiger partial charge is 0.115 e. The van der Waals surface area contributed by atoms with Gasteiger partial charge in [0.1, 0.15) is 5.82 Å². The molecule has 2 rings (SSSR count). The number of para-hydroxylation sites is 1. The summed E-state index contributed by atoms with van der Waals surface area (Å²) in [5, 5.41) is 0. The highest BCUT2D eigenvalue weighted by Gasteiger charge is 2.11. The van der Waals surface area contributed by atoms with Crippen molar-refractivity contribution in [1.29, 1.82) is 0 Å². The quantitative estimate of drug-likeness (QED) is 0.746. The first-order valence-electron chi connectivity index (χ1n) is 5.71. The Bertz CT molecular complexity index is 475. The van der Waals surface area contributed by atoms with Crippen molar-refractivity contribution in [2.75, 3.05) is 0 Å². The molecule has 0 spiro atoms. The summed E-state index contributed by atoms with van der Waals surface area (Å²) in [6.45, 7) is 8.64. The Labute approximate surface area is 97.0 Å². The summed E-state index contributed by atoms with van der Waals surface area (Å²) < 4.78 is 2.20. The van der Waals surface area contributed by atoms with Crippen molar-refractivity contribution < 1.29 is 0 Å². The molecule has 0 unspecified atom stereocenters. The van der Waals surface area contributed by atoms with Gasteiger partial charge >= 0.3 is 0 Å². The van der Waals surface area contributed by atoms with Crippen LogP contribution < -0.4 is 0 Å². The van der Waals surface area contributed by atoms with Gasteiger partial charge in [0.05, 0.1) is 5.69 Å². The lowest BCUT2D eigenvalue weighted by Gasteiger charge is -2.15. The molecule has 0 saturated heterocycles. The Hall–Kier alpha value is -1.57. The molecule has 0 N–H and O–H groups in total. The number of imidazole rings is 1. The molecule has 0 aliphatic heterocycles. The van der Waals surface area contributed by atoms with Crippen molar-refractivity contribution in [2.45, 2.75) is 33.6 Å². The third-order valence-corrected chi connectivity index (χ3v) is 2.87. The summed E-state index contributed by atoms with van der Waals surface area (Å²) in [6, 6.07) is 6.39. The van der Waals surface area contributed by atoms with Crippen LogP contribution >= 0.6 is 0 Å². The second kappa shape index (κ2) is 4.12. The second-order valence-corrected chi connectivity index (χ2v) is 4.55. The molecule has 1 aromatic carbocycles. The van der Waals surface area contributed by atoms with Crippen LogP contribution in [0.4, 0.5) is 0 Å². The zero-order valence-electron chi connectivity index (χ0n) is 10.4. The van der Waals surface area contributed by atoms with Crippen LogP contribution in [0.2, 0.25) is 0 Å². The molecule has 0 atom stereocenters. The number of aryl methyl sites for hydroxylation is 2. The van der Waals surface area contributed by atoms with Gasteiger partial charge in [0, 0.05) is 18.3 Å². The number of rotatable bonds is 2. The fourth-order valence-electron chi connectivity index (χ4n) is 2.12. The fraction of sp³-hybridized carbons (Fsp3) is 0.357. The summed E-state index contributed by atoms with van der Waals surface area (Å²) in [5.74, 6) is 1.56. The van der Waals surface area contributed by atoms with E-state index in [0.29, 0.717) is 5.92 Å². The van der Waals surface area contributed by atoms with Crippen molar-refractivity contribution in [1.82, 2.24) is 9.55 Å². The maximum atomic E-state index is 4.44. The van der Waals surface area contributed by atoms with Crippen LogP contribution in [-0.2, 0) is 0 Å². The molecule has 1 heterocycles. The van der Waals surface area contributed by atoms with E-state index in [9.17, 15) is 0 Å². The summed E-state index contributed by atoms with van der Waals surface area (Å²) in [6.07, 6.45) is 3.92. The maximum Gasteiger partial charge on any atom is 0.115 e. The molecular weight excluding hydrogens is 196 g/mol. The van der Waals surface area contributed by atoms with Crippen LogP contribution in [0.15, 0.2) is 30.6 Å². The van der Waals surface area contributed by atoms with Gasteiger partial charge in [-0.05, 0) is 25.0 Å². The molecule has 84 valence electrons. The van der Waals surface area contributed by atoms with E-state index >= 15 is 0 Å². The van der Waals surface area contributed by atoms with Crippen LogP contribution in [0.3, 0.4) is 0 Å². The lowest BCUT2D eigenvalue weighted by atomic mass is 10.1. The molecule has 0 saturated carbocycles. The van der Waals surface area contributed by atoms with E-state index in [1.54, 1.807) is 0 Å². The molecule has 2 heteroatoms. The van der Waals surface area contributed by atoms with E-state index in [2.05, 4.69) is 55.4 Å². The van der Waals surface area contributed by atoms with Crippen molar-refractivity contribution in [2.24, 2.45) is 0 Å². The predicted molar refractivity (Wildman–Crippen MR) is 67.1 cm³/mol. The molecule has 0 amide bonds. The summed E-state index contributed by atoms with van der Waals surface area (Å²) in [4.78, 5) is 4.44. The normalized spacial score (nSPS) is 11.1. The molecule has 0 aliphatic rings. The number of benzene rings is 1. The van der Waals surface area contributed by atoms with Crippen molar-refractivity contribution in [3.05, 3.63) is 47.5 Å². The van der Waals surface area contributed by atoms with Gasteiger partial charge in [0.15, 0.2) is 0 Å². The highest BCUT2D eigenvalue weighted by molar-refractivity contribution is 5.47. The number of aromatic nitrogens is 2. The second-order valence-electron chi connectivity index (χ2n) is 4.55. The lowest BCUT2D eigenvalue weighted by Crippen LogP contribution is -2.05. The fourth-order valence-corrected chi connectivity index (χ4v) is 2.12. The SMILES string of the molecule is Cc1cccc(C)c1-n1ccnc1C(C)C. The highest BCUT2D eigenvalue weighted by Crippen LogP contribution is 2.23. The molecule has 2 nitrogen and oxygen atoms in total. The minimum absolute atomic E-state index is 0.439. The maximum absolute atomic E-state index is 4.44. The zero-order chi connectivity index (χ0) is 11.7. The molecule has 16 heavy (non-hydrogen) atoms. The van der Waals surface area contributed by atoms with Crippen molar-refractivity contribution in [3.63, 3.8) is 0 Å². The molecule has 0 fully saturated rings. The highest BCUT2D eigenvalue weighted by atomic mass is 15.1. The van der Waals surface area contributed by atoms with Crippen LogP contribution in [0, 0.1) is 13.8 Å². The van der Waals surface area contributed by atoms with Gasteiger partial charge in [-0.3, -0.25) is 0 Å². The van der Waals surface area contributed by atoms with Crippen LogP contribution in [0.5, 0.6) is 0 Å². The average Bonchev–Trinajstić information content (AvgIpc) is 2.66. The van der Waals surface area contributed by atoms with E-state index in [4.69, 9.17) is 0 Å². The van der Waals surface area contributed by atoms with Gasteiger partial charge in [0.2, 0.25) is 0 Å². The molecular formula is C14H18N2. The van der Waals surface area contributed by atoms with E-state index in [1.807, 2.05) is 12.4 Å². The third kappa shape index (κ3) is 1.75. The molecule has 0 aliphatic carbocycles. The van der Waals surface area contributed by atoms with Gasteiger partial charge in [-0.15, -0.1) is 0 Å². The van der Waals surface area contributed by atoms with E-state index in [0.717, 1.165) is 5.82 Å². The summed E-state index contributed by atoms with van der Waals surface area (Å²) in [7, 11) is 0. The van der Waals surface area contributed by atoms with E-state index < -0.39 is 0 Å². The third-order valence-electron chi connectivity index (χ3n) is 2.87. The number of nitrogens with zero attached hydrogens (tertiary/aromatic N) is 2. The minimum Gasteiger partial charge on any atom is -0.303 e. The first-order chi connectivity index (χ1) is 7.61. The first kappa shape index (κ1) is 10.9. The summed E-state index contributed by atoms with van der Waals surface area (Å²) >= 11 is 0.